The molecule has 3 N–H and O–H groups in total. The average Bonchev–Trinajstić information content (AvgIpc) is 2.14. The van der Waals surface area contributed by atoms with Gasteiger partial charge in [0.2, 0.25) is 0 Å². The highest BCUT2D eigenvalue weighted by Crippen LogP contribution is 1.93. The van der Waals surface area contributed by atoms with E-state index in [9.17, 15) is 0 Å². The van der Waals surface area contributed by atoms with Crippen molar-refractivity contribution < 1.29 is 17.5 Å². The van der Waals surface area contributed by atoms with E-state index in [0.717, 1.165) is 0 Å². The van der Waals surface area contributed by atoms with Gasteiger partial charge >= 0.3 is 10.4 Å². The molecule has 0 aromatic rings. The minimum absolute atomic E-state index is 1.22. The molecule has 0 atom stereocenters. The van der Waals surface area contributed by atoms with Gasteiger partial charge in [-0.25, -0.2) is 0 Å². The smallest absolute Gasteiger partial charge is 0.317 e. The van der Waals surface area contributed by atoms with Gasteiger partial charge in [-0.3, -0.25) is 9.11 Å². The van der Waals surface area contributed by atoms with E-state index in [1.54, 1.807) is 0 Å². The van der Waals surface area contributed by atoms with E-state index in [1.807, 2.05) is 0 Å². The van der Waals surface area contributed by atoms with Crippen LogP contribution in [0.4, 0.5) is 0 Å². The lowest BCUT2D eigenvalue weighted by molar-refractivity contribution is 0.381. The summed E-state index contributed by atoms with van der Waals surface area (Å²) in [6.07, 6.45) is 8.11. The fourth-order valence-electron chi connectivity index (χ4n) is 1.12. The lowest BCUT2D eigenvalue weighted by atomic mass is 10.2. The molecule has 16 heavy (non-hydrogen) atoms. The van der Waals surface area contributed by atoms with Crippen LogP contribution in [0.5, 0.6) is 0 Å². The van der Waals surface area contributed by atoms with Crippen molar-refractivity contribution in [3.8, 4) is 0 Å². The fourth-order valence-corrected chi connectivity index (χ4v) is 1.12. The first-order valence-corrected chi connectivity index (χ1v) is 7.22. The van der Waals surface area contributed by atoms with Gasteiger partial charge in [0.15, 0.2) is 0 Å². The van der Waals surface area contributed by atoms with Gasteiger partial charge in [0.1, 0.15) is 0 Å². The van der Waals surface area contributed by atoms with E-state index >= 15 is 0 Å². The molecule has 0 rings (SSSR count). The van der Waals surface area contributed by atoms with Crippen molar-refractivity contribution in [2.75, 3.05) is 13.1 Å². The van der Waals surface area contributed by atoms with E-state index in [1.165, 1.54) is 51.6 Å². The maximum Gasteiger partial charge on any atom is 0.394 e. The van der Waals surface area contributed by atoms with Crippen LogP contribution in [0.15, 0.2) is 0 Å². The topological polar surface area (TPSA) is 86.6 Å². The Kier molecular flexibility index (Phi) is 14.7. The number of rotatable bonds is 8. The Labute approximate surface area is 99.2 Å². The SMILES string of the molecule is CCCCCNCCCCC.O=S(=O)(O)O. The van der Waals surface area contributed by atoms with Crippen LogP contribution in [0.3, 0.4) is 0 Å². The van der Waals surface area contributed by atoms with Gasteiger partial charge < -0.3 is 5.32 Å². The molecule has 0 aliphatic rings. The molecule has 0 aliphatic carbocycles. The Bertz CT molecular complexity index is 201. The Morgan fingerprint density at radius 1 is 0.875 bits per heavy atom. The minimum Gasteiger partial charge on any atom is -0.317 e. The zero-order valence-electron chi connectivity index (χ0n) is 10.3. The maximum absolute atomic E-state index is 8.74. The van der Waals surface area contributed by atoms with E-state index in [-0.39, 0.29) is 0 Å². The summed E-state index contributed by atoms with van der Waals surface area (Å²) < 4.78 is 31.6. The second-order valence-corrected chi connectivity index (χ2v) is 4.51. The molecule has 0 fully saturated rings. The molecule has 100 valence electrons. The van der Waals surface area contributed by atoms with Crippen LogP contribution in [0.2, 0.25) is 0 Å². The largest absolute Gasteiger partial charge is 0.394 e. The number of nitrogens with one attached hydrogen (secondary N) is 1. The highest BCUT2D eigenvalue weighted by Gasteiger charge is 1.87. The van der Waals surface area contributed by atoms with E-state index in [2.05, 4.69) is 19.2 Å². The van der Waals surface area contributed by atoms with E-state index < -0.39 is 10.4 Å². The second-order valence-electron chi connectivity index (χ2n) is 3.61. The second kappa shape index (κ2) is 12.9. The van der Waals surface area contributed by atoms with Crippen LogP contribution in [0.1, 0.15) is 52.4 Å². The average molecular weight is 255 g/mol. The third-order valence-electron chi connectivity index (χ3n) is 1.91. The Morgan fingerprint density at radius 3 is 1.44 bits per heavy atom. The van der Waals surface area contributed by atoms with Crippen molar-refractivity contribution >= 4 is 10.4 Å². The van der Waals surface area contributed by atoms with Crippen LogP contribution < -0.4 is 5.32 Å². The summed E-state index contributed by atoms with van der Waals surface area (Å²) in [5, 5.41) is 3.46. The third-order valence-corrected chi connectivity index (χ3v) is 1.91. The first kappa shape index (κ1) is 18.2. The van der Waals surface area contributed by atoms with Gasteiger partial charge in [0.25, 0.3) is 0 Å². The van der Waals surface area contributed by atoms with E-state index in [0.29, 0.717) is 0 Å². The van der Waals surface area contributed by atoms with Crippen molar-refractivity contribution in [1.82, 2.24) is 5.32 Å². The summed E-state index contributed by atoms with van der Waals surface area (Å²) in [5.41, 5.74) is 0. The lowest BCUT2D eigenvalue weighted by Crippen LogP contribution is -2.16. The molecule has 0 aromatic heterocycles. The first-order chi connectivity index (χ1) is 7.41. The Hall–Kier alpha value is -0.170. The Morgan fingerprint density at radius 2 is 1.19 bits per heavy atom. The number of hydrogen-bond acceptors (Lipinski definition) is 3. The lowest BCUT2D eigenvalue weighted by Gasteiger charge is -2.02. The summed E-state index contributed by atoms with van der Waals surface area (Å²) in [5.74, 6) is 0. The van der Waals surface area contributed by atoms with Crippen LogP contribution >= 0.6 is 0 Å². The van der Waals surface area contributed by atoms with Gasteiger partial charge in [0.05, 0.1) is 0 Å². The standard InChI is InChI=1S/C10H23N.H2O4S/c1-3-5-7-9-11-10-8-6-4-2;1-5(2,3)4/h11H,3-10H2,1-2H3;(H2,1,2,3,4). The highest BCUT2D eigenvalue weighted by atomic mass is 32.3. The molecule has 6 heteroatoms. The predicted molar refractivity (Wildman–Crippen MR) is 66.1 cm³/mol. The summed E-state index contributed by atoms with van der Waals surface area (Å²) in [4.78, 5) is 0. The summed E-state index contributed by atoms with van der Waals surface area (Å²) in [6.45, 7) is 6.93. The highest BCUT2D eigenvalue weighted by molar-refractivity contribution is 7.79. The molecule has 0 amide bonds. The van der Waals surface area contributed by atoms with Crippen LogP contribution in [0.25, 0.3) is 0 Å². The molecule has 0 saturated carbocycles. The van der Waals surface area contributed by atoms with Gasteiger partial charge in [-0.1, -0.05) is 39.5 Å². The van der Waals surface area contributed by atoms with Crippen LogP contribution in [-0.4, -0.2) is 30.6 Å². The molecule has 0 aliphatic heterocycles. The molecule has 5 nitrogen and oxygen atoms in total. The molecule has 0 heterocycles. The number of unbranched alkanes of at least 4 members (excludes halogenated alkanes) is 4. The molecule has 0 radical (unpaired) electrons. The zero-order valence-corrected chi connectivity index (χ0v) is 11.1. The molecule has 0 bridgehead atoms. The van der Waals surface area contributed by atoms with Crippen molar-refractivity contribution in [2.45, 2.75) is 52.4 Å². The van der Waals surface area contributed by atoms with E-state index in [4.69, 9.17) is 17.5 Å². The van der Waals surface area contributed by atoms with Crippen LogP contribution in [0, 0.1) is 0 Å². The van der Waals surface area contributed by atoms with Crippen molar-refractivity contribution in [2.24, 2.45) is 0 Å². The maximum atomic E-state index is 8.74. The van der Waals surface area contributed by atoms with Crippen molar-refractivity contribution in [3.63, 3.8) is 0 Å². The molecule has 0 aromatic carbocycles. The molecule has 0 spiro atoms. The summed E-state index contributed by atoms with van der Waals surface area (Å²) >= 11 is 0. The molecular weight excluding hydrogens is 230 g/mol. The van der Waals surface area contributed by atoms with Gasteiger partial charge in [0, 0.05) is 0 Å². The first-order valence-electron chi connectivity index (χ1n) is 5.82. The van der Waals surface area contributed by atoms with Gasteiger partial charge in [-0.15, -0.1) is 0 Å². The normalized spacial score (nSPS) is 10.8. The van der Waals surface area contributed by atoms with Crippen molar-refractivity contribution in [3.05, 3.63) is 0 Å². The summed E-state index contributed by atoms with van der Waals surface area (Å²) in [7, 11) is -4.67. The predicted octanol–water partition coefficient (Wildman–Crippen LogP) is 2.30. The molecular formula is C10H25NO4S. The Balaban J connectivity index is 0. The monoisotopic (exact) mass is 255 g/mol. The third kappa shape index (κ3) is 37.1. The summed E-state index contributed by atoms with van der Waals surface area (Å²) in [6, 6.07) is 0. The molecule has 0 saturated heterocycles. The van der Waals surface area contributed by atoms with Gasteiger partial charge in [-0.05, 0) is 25.9 Å². The van der Waals surface area contributed by atoms with Gasteiger partial charge in [-0.2, -0.15) is 8.42 Å². The molecule has 0 unspecified atom stereocenters. The van der Waals surface area contributed by atoms with Crippen LogP contribution in [-0.2, 0) is 10.4 Å². The minimum atomic E-state index is -4.67. The van der Waals surface area contributed by atoms with Crippen molar-refractivity contribution in [1.29, 1.82) is 0 Å². The fraction of sp³-hybridized carbons (Fsp3) is 1.00. The quantitative estimate of drug-likeness (QED) is 0.457. The zero-order chi connectivity index (χ0) is 12.9. The number of hydrogen-bond donors (Lipinski definition) is 3.